The number of likely N-dealkylation sites (N-methyl/N-ethyl adjacent to an activating group) is 1. The van der Waals surface area contributed by atoms with Crippen molar-refractivity contribution in [3.8, 4) is 0 Å². The van der Waals surface area contributed by atoms with Gasteiger partial charge in [-0.2, -0.15) is 0 Å². The van der Waals surface area contributed by atoms with Crippen LogP contribution in [-0.4, -0.2) is 31.0 Å². The van der Waals surface area contributed by atoms with E-state index in [4.69, 9.17) is 0 Å². The van der Waals surface area contributed by atoms with E-state index in [0.29, 0.717) is 6.54 Å². The molecule has 0 aromatic carbocycles. The van der Waals surface area contributed by atoms with E-state index in [1.807, 2.05) is 12.1 Å². The van der Waals surface area contributed by atoms with Gasteiger partial charge >= 0.3 is 0 Å². The summed E-state index contributed by atoms with van der Waals surface area (Å²) in [6.07, 6.45) is 6.01. The van der Waals surface area contributed by atoms with E-state index in [2.05, 4.69) is 10.3 Å². The molecular weight excluding hydrogens is 273 g/mol. The fraction of sp³-hybridized carbons (Fsp3) is 0.500. The summed E-state index contributed by atoms with van der Waals surface area (Å²) in [4.78, 5) is 17.4. The van der Waals surface area contributed by atoms with Crippen LogP contribution in [0.2, 0.25) is 0 Å². The summed E-state index contributed by atoms with van der Waals surface area (Å²) in [5.74, 6) is 0.880. The Hall–Kier alpha value is -0.840. The highest BCUT2D eigenvalue weighted by Gasteiger charge is 2.21. The second kappa shape index (κ2) is 8.29. The molecule has 2 rings (SSSR count). The lowest BCUT2D eigenvalue weighted by atomic mass is 10.3. The van der Waals surface area contributed by atoms with E-state index in [1.54, 1.807) is 24.3 Å². The fourth-order valence-electron chi connectivity index (χ4n) is 1.52. The highest BCUT2D eigenvalue weighted by atomic mass is 35.5. The molecule has 1 fully saturated rings. The second-order valence-electron chi connectivity index (χ2n) is 4.24. The van der Waals surface area contributed by atoms with Crippen molar-refractivity contribution in [3.63, 3.8) is 0 Å². The first-order chi connectivity index (χ1) is 7.77. The highest BCUT2D eigenvalue weighted by Crippen LogP contribution is 2.27. The molecule has 1 aromatic rings. The summed E-state index contributed by atoms with van der Waals surface area (Å²) in [5, 5.41) is 3.19. The smallest absolute Gasteiger partial charge is 0.240 e. The molecule has 0 radical (unpaired) electrons. The minimum atomic E-state index is 0. The van der Waals surface area contributed by atoms with E-state index >= 15 is 0 Å². The first-order valence-corrected chi connectivity index (χ1v) is 5.64. The normalized spacial score (nSPS) is 13.2. The molecule has 18 heavy (non-hydrogen) atoms. The molecule has 1 aliphatic carbocycles. The fourth-order valence-corrected chi connectivity index (χ4v) is 1.52. The van der Waals surface area contributed by atoms with Crippen molar-refractivity contribution in [2.75, 3.05) is 25.0 Å². The molecule has 0 unspecified atom stereocenters. The zero-order chi connectivity index (χ0) is 11.4. The SMILES string of the molecule is CN(C(=O)CNCC1CC1)c1cccnc1.Cl.Cl. The third-order valence-corrected chi connectivity index (χ3v) is 2.81. The van der Waals surface area contributed by atoms with Crippen molar-refractivity contribution in [1.82, 2.24) is 10.3 Å². The highest BCUT2D eigenvalue weighted by molar-refractivity contribution is 5.94. The van der Waals surface area contributed by atoms with E-state index in [-0.39, 0.29) is 30.7 Å². The Bertz CT molecular complexity index is 358. The molecular formula is C12H19Cl2N3O. The summed E-state index contributed by atoms with van der Waals surface area (Å²) < 4.78 is 0. The van der Waals surface area contributed by atoms with Crippen LogP contribution in [0.5, 0.6) is 0 Å². The van der Waals surface area contributed by atoms with E-state index in [0.717, 1.165) is 18.2 Å². The maximum Gasteiger partial charge on any atom is 0.240 e. The van der Waals surface area contributed by atoms with Gasteiger partial charge in [0.1, 0.15) is 0 Å². The van der Waals surface area contributed by atoms with Gasteiger partial charge in [0.15, 0.2) is 0 Å². The average molecular weight is 292 g/mol. The molecule has 1 amide bonds. The summed E-state index contributed by atoms with van der Waals surface area (Å²) in [7, 11) is 1.78. The van der Waals surface area contributed by atoms with E-state index < -0.39 is 0 Å². The molecule has 4 nitrogen and oxygen atoms in total. The molecule has 0 spiro atoms. The molecule has 1 N–H and O–H groups in total. The predicted molar refractivity (Wildman–Crippen MR) is 77.7 cm³/mol. The number of pyridine rings is 1. The van der Waals surface area contributed by atoms with Gasteiger partial charge in [-0.05, 0) is 37.4 Å². The monoisotopic (exact) mass is 291 g/mol. The Kier molecular flexibility index (Phi) is 7.91. The summed E-state index contributed by atoms with van der Waals surface area (Å²) >= 11 is 0. The van der Waals surface area contributed by atoms with Crippen LogP contribution in [0.25, 0.3) is 0 Å². The van der Waals surface area contributed by atoms with Crippen LogP contribution in [0.4, 0.5) is 5.69 Å². The van der Waals surface area contributed by atoms with E-state index in [9.17, 15) is 4.79 Å². The maximum absolute atomic E-state index is 11.8. The van der Waals surface area contributed by atoms with Crippen molar-refractivity contribution in [1.29, 1.82) is 0 Å². The molecule has 0 saturated heterocycles. The Morgan fingerprint density at radius 3 is 2.78 bits per heavy atom. The Labute approximate surface area is 120 Å². The minimum Gasteiger partial charge on any atom is -0.313 e. The molecule has 1 aromatic heterocycles. The Morgan fingerprint density at radius 1 is 1.50 bits per heavy atom. The Balaban J connectivity index is 0.00000144. The maximum atomic E-state index is 11.8. The van der Waals surface area contributed by atoms with Crippen LogP contribution in [0.3, 0.4) is 0 Å². The first-order valence-electron chi connectivity index (χ1n) is 5.64. The number of halogens is 2. The molecule has 1 saturated carbocycles. The number of aromatic nitrogens is 1. The number of rotatable bonds is 5. The second-order valence-corrected chi connectivity index (χ2v) is 4.24. The lowest BCUT2D eigenvalue weighted by Gasteiger charge is -2.16. The lowest BCUT2D eigenvalue weighted by Crippen LogP contribution is -2.36. The lowest BCUT2D eigenvalue weighted by molar-refractivity contribution is -0.117. The van der Waals surface area contributed by atoms with Crippen LogP contribution in [0.1, 0.15) is 12.8 Å². The zero-order valence-corrected chi connectivity index (χ0v) is 12.0. The molecule has 0 aliphatic heterocycles. The molecule has 0 atom stereocenters. The van der Waals surface area contributed by atoms with Gasteiger partial charge in [0.2, 0.25) is 5.91 Å². The van der Waals surface area contributed by atoms with Crippen molar-refractivity contribution < 1.29 is 4.79 Å². The van der Waals surface area contributed by atoms with Crippen molar-refractivity contribution in [3.05, 3.63) is 24.5 Å². The van der Waals surface area contributed by atoms with Gasteiger partial charge in [-0.25, -0.2) is 0 Å². The van der Waals surface area contributed by atoms with Gasteiger partial charge in [0.05, 0.1) is 18.4 Å². The minimum absolute atomic E-state index is 0. The number of carbonyl (C=O) groups excluding carboxylic acids is 1. The van der Waals surface area contributed by atoms with Crippen LogP contribution < -0.4 is 10.2 Å². The van der Waals surface area contributed by atoms with Crippen LogP contribution in [0, 0.1) is 5.92 Å². The van der Waals surface area contributed by atoms with Gasteiger partial charge in [0, 0.05) is 13.2 Å². The molecule has 0 bridgehead atoms. The van der Waals surface area contributed by atoms with Crippen LogP contribution >= 0.6 is 24.8 Å². The standard InChI is InChI=1S/C12H17N3O.2ClH/c1-15(11-3-2-6-13-8-11)12(16)9-14-7-10-4-5-10;;/h2-3,6,8,10,14H,4-5,7,9H2,1H3;2*1H. The number of carbonyl (C=O) groups is 1. The number of hydrogen-bond donors (Lipinski definition) is 1. The number of nitrogens with zero attached hydrogens (tertiary/aromatic N) is 2. The predicted octanol–water partition coefficient (Wildman–Crippen LogP) is 1.89. The van der Waals surface area contributed by atoms with Gasteiger partial charge < -0.3 is 10.2 Å². The summed E-state index contributed by atoms with van der Waals surface area (Å²) in [5.41, 5.74) is 0.834. The molecule has 1 heterocycles. The molecule has 6 heteroatoms. The van der Waals surface area contributed by atoms with Crippen LogP contribution in [0.15, 0.2) is 24.5 Å². The van der Waals surface area contributed by atoms with Gasteiger partial charge in [-0.3, -0.25) is 9.78 Å². The topological polar surface area (TPSA) is 45.2 Å². The number of anilines is 1. The van der Waals surface area contributed by atoms with Crippen molar-refractivity contribution in [2.24, 2.45) is 5.92 Å². The number of hydrogen-bond acceptors (Lipinski definition) is 3. The summed E-state index contributed by atoms with van der Waals surface area (Å²) in [6, 6.07) is 3.71. The van der Waals surface area contributed by atoms with E-state index in [1.165, 1.54) is 12.8 Å². The number of amides is 1. The van der Waals surface area contributed by atoms with Crippen molar-refractivity contribution >= 4 is 36.4 Å². The van der Waals surface area contributed by atoms with Gasteiger partial charge in [0.25, 0.3) is 0 Å². The summed E-state index contributed by atoms with van der Waals surface area (Å²) in [6.45, 7) is 1.37. The third-order valence-electron chi connectivity index (χ3n) is 2.81. The molecule has 102 valence electrons. The quantitative estimate of drug-likeness (QED) is 0.901. The largest absolute Gasteiger partial charge is 0.313 e. The Morgan fingerprint density at radius 2 is 2.22 bits per heavy atom. The third kappa shape index (κ3) is 5.21. The van der Waals surface area contributed by atoms with Gasteiger partial charge in [-0.15, -0.1) is 24.8 Å². The number of nitrogens with one attached hydrogen (secondary N) is 1. The van der Waals surface area contributed by atoms with Crippen molar-refractivity contribution in [2.45, 2.75) is 12.8 Å². The first kappa shape index (κ1) is 17.2. The molecule has 1 aliphatic rings. The van der Waals surface area contributed by atoms with Gasteiger partial charge in [-0.1, -0.05) is 0 Å². The average Bonchev–Trinajstić information content (AvgIpc) is 3.13. The zero-order valence-electron chi connectivity index (χ0n) is 10.3. The van der Waals surface area contributed by atoms with Crippen LogP contribution in [-0.2, 0) is 4.79 Å².